The Morgan fingerprint density at radius 1 is 1.33 bits per heavy atom. The molecule has 0 bridgehead atoms. The van der Waals surface area contributed by atoms with Crippen LogP contribution in [0.5, 0.6) is 5.75 Å². The molecular weight excluding hydrogens is 329 g/mol. The summed E-state index contributed by atoms with van der Waals surface area (Å²) in [5.41, 5.74) is 1.41. The van der Waals surface area contributed by atoms with Gasteiger partial charge in [0.15, 0.2) is 5.78 Å². The summed E-state index contributed by atoms with van der Waals surface area (Å²) in [4.78, 5) is 12.4. The van der Waals surface area contributed by atoms with Crippen LogP contribution in [0.4, 0.5) is 0 Å². The molecule has 6 heteroatoms. The molecule has 0 atom stereocenters. The topological polar surface area (TPSA) is 31.2 Å². The molecule has 0 N–H and O–H groups in total. The zero-order chi connectivity index (χ0) is 15.0. The second kappa shape index (κ2) is 5.72. The first-order valence-corrected chi connectivity index (χ1v) is 7.77. The van der Waals surface area contributed by atoms with Gasteiger partial charge in [0.2, 0.25) is 0 Å². The van der Waals surface area contributed by atoms with Gasteiger partial charge in [-0.1, -0.05) is 29.3 Å². The lowest BCUT2D eigenvalue weighted by molar-refractivity contribution is 0.0974. The summed E-state index contributed by atoms with van der Waals surface area (Å²) in [6.45, 7) is 0.212. The highest BCUT2D eigenvalue weighted by molar-refractivity contribution is 7.20. The number of thiophene rings is 1. The Bertz CT molecular complexity index is 822. The molecule has 0 fully saturated rings. The Balaban J connectivity index is 1.95. The number of fused-ring (bicyclic) bond motifs is 1. The number of methoxy groups -OCH3 is 1. The van der Waals surface area contributed by atoms with Crippen LogP contribution in [0.3, 0.4) is 0 Å². The molecule has 21 heavy (non-hydrogen) atoms. The van der Waals surface area contributed by atoms with Crippen LogP contribution in [0.2, 0.25) is 8.67 Å². The van der Waals surface area contributed by atoms with Gasteiger partial charge in [-0.05, 0) is 24.3 Å². The molecule has 3 nitrogen and oxygen atoms in total. The highest BCUT2D eigenvalue weighted by Crippen LogP contribution is 2.32. The number of carbonyl (C=O) groups excluding carboxylic acids is 1. The second-order valence-corrected chi connectivity index (χ2v) is 6.78. The highest BCUT2D eigenvalue weighted by atomic mass is 35.5. The summed E-state index contributed by atoms with van der Waals surface area (Å²) in [6.07, 6.45) is 1.87. The molecule has 0 spiro atoms. The number of aromatic nitrogens is 1. The lowest BCUT2D eigenvalue weighted by Crippen LogP contribution is -2.09. The third-order valence-corrected chi connectivity index (χ3v) is 4.75. The number of benzene rings is 1. The maximum absolute atomic E-state index is 12.4. The van der Waals surface area contributed by atoms with Gasteiger partial charge in [0.05, 0.1) is 29.1 Å². The van der Waals surface area contributed by atoms with E-state index in [1.165, 1.54) is 11.3 Å². The smallest absolute Gasteiger partial charge is 0.184 e. The molecule has 0 aliphatic heterocycles. The molecule has 0 radical (unpaired) electrons. The molecule has 3 rings (SSSR count). The fraction of sp³-hybridized carbons (Fsp3) is 0.133. The molecular formula is C15H11Cl2NO2S. The predicted octanol–water partition coefficient (Wildman–Crippen LogP) is 4.90. The first-order chi connectivity index (χ1) is 10.1. The van der Waals surface area contributed by atoms with Crippen molar-refractivity contribution in [2.45, 2.75) is 6.54 Å². The number of halogens is 2. The van der Waals surface area contributed by atoms with Crippen LogP contribution in [0.1, 0.15) is 10.4 Å². The summed E-state index contributed by atoms with van der Waals surface area (Å²) in [6, 6.07) is 9.29. The van der Waals surface area contributed by atoms with Crippen LogP contribution in [0.15, 0.2) is 36.5 Å². The van der Waals surface area contributed by atoms with Gasteiger partial charge in [-0.25, -0.2) is 0 Å². The Morgan fingerprint density at radius 3 is 2.81 bits per heavy atom. The lowest BCUT2D eigenvalue weighted by Gasteiger charge is -2.06. The molecule has 2 aromatic heterocycles. The largest absolute Gasteiger partial charge is 0.496 e. The van der Waals surface area contributed by atoms with E-state index < -0.39 is 0 Å². The maximum Gasteiger partial charge on any atom is 0.184 e. The van der Waals surface area contributed by atoms with Crippen LogP contribution in [0, 0.1) is 0 Å². The summed E-state index contributed by atoms with van der Waals surface area (Å²) in [5.74, 6) is 0.721. The Hall–Kier alpha value is -1.49. The Kier molecular flexibility index (Phi) is 3.93. The molecule has 0 unspecified atom stereocenters. The third-order valence-electron chi connectivity index (χ3n) is 3.26. The van der Waals surface area contributed by atoms with E-state index >= 15 is 0 Å². The van der Waals surface area contributed by atoms with Gasteiger partial charge in [0.1, 0.15) is 10.1 Å². The van der Waals surface area contributed by atoms with E-state index in [-0.39, 0.29) is 12.3 Å². The molecule has 0 aliphatic carbocycles. The minimum Gasteiger partial charge on any atom is -0.496 e. The van der Waals surface area contributed by atoms with Crippen molar-refractivity contribution < 1.29 is 9.53 Å². The standard InChI is InChI=1S/C15H11Cl2NO2S/c1-20-13-4-2-3-11-9(13)5-6-18(11)8-12(19)10-7-14(16)21-15(10)17/h2-7H,8H2,1H3. The molecule has 108 valence electrons. The minimum absolute atomic E-state index is 0.0662. The van der Waals surface area contributed by atoms with Crippen molar-refractivity contribution in [3.05, 3.63) is 50.8 Å². The van der Waals surface area contributed by atoms with Crippen LogP contribution in [-0.4, -0.2) is 17.5 Å². The van der Waals surface area contributed by atoms with Crippen molar-refractivity contribution >= 4 is 51.2 Å². The lowest BCUT2D eigenvalue weighted by atomic mass is 10.2. The number of nitrogens with zero attached hydrogens (tertiary/aromatic N) is 1. The molecule has 0 aliphatic rings. The number of ketones is 1. The molecule has 0 saturated heterocycles. The monoisotopic (exact) mass is 339 g/mol. The van der Waals surface area contributed by atoms with E-state index in [4.69, 9.17) is 27.9 Å². The number of Topliss-reactive ketones (excluding diaryl/α,β-unsaturated/α-hetero) is 1. The van der Waals surface area contributed by atoms with E-state index in [0.717, 1.165) is 16.7 Å². The summed E-state index contributed by atoms with van der Waals surface area (Å²) < 4.78 is 8.14. The second-order valence-electron chi connectivity index (χ2n) is 4.50. The Labute approximate surface area is 135 Å². The van der Waals surface area contributed by atoms with Crippen molar-refractivity contribution in [1.82, 2.24) is 4.57 Å². The van der Waals surface area contributed by atoms with Gasteiger partial charge in [-0.2, -0.15) is 0 Å². The van der Waals surface area contributed by atoms with Gasteiger partial charge >= 0.3 is 0 Å². The van der Waals surface area contributed by atoms with Crippen molar-refractivity contribution in [2.24, 2.45) is 0 Å². The first-order valence-electron chi connectivity index (χ1n) is 6.20. The fourth-order valence-corrected chi connectivity index (χ4v) is 3.78. The average molecular weight is 340 g/mol. The fourth-order valence-electron chi connectivity index (χ4n) is 2.28. The van der Waals surface area contributed by atoms with Crippen molar-refractivity contribution in [1.29, 1.82) is 0 Å². The van der Waals surface area contributed by atoms with E-state index in [0.29, 0.717) is 14.2 Å². The van der Waals surface area contributed by atoms with Crippen LogP contribution in [-0.2, 0) is 6.54 Å². The number of carbonyl (C=O) groups is 1. The first kappa shape index (κ1) is 14.4. The van der Waals surface area contributed by atoms with Crippen molar-refractivity contribution in [3.8, 4) is 5.75 Å². The molecule has 1 aromatic carbocycles. The van der Waals surface area contributed by atoms with Gasteiger partial charge in [-0.15, -0.1) is 11.3 Å². The van der Waals surface area contributed by atoms with Crippen LogP contribution >= 0.6 is 34.5 Å². The number of hydrogen-bond acceptors (Lipinski definition) is 3. The highest BCUT2D eigenvalue weighted by Gasteiger charge is 2.16. The zero-order valence-corrected chi connectivity index (χ0v) is 13.4. The quantitative estimate of drug-likeness (QED) is 0.633. The average Bonchev–Trinajstić information content (AvgIpc) is 3.02. The number of ether oxygens (including phenoxy) is 1. The van der Waals surface area contributed by atoms with E-state index in [9.17, 15) is 4.79 Å². The molecule has 2 heterocycles. The van der Waals surface area contributed by atoms with E-state index in [1.54, 1.807) is 13.2 Å². The van der Waals surface area contributed by atoms with Gasteiger partial charge in [0, 0.05) is 11.6 Å². The minimum atomic E-state index is -0.0662. The Morgan fingerprint density at radius 2 is 2.14 bits per heavy atom. The van der Waals surface area contributed by atoms with Crippen LogP contribution in [0.25, 0.3) is 10.9 Å². The summed E-state index contributed by atoms with van der Waals surface area (Å²) >= 11 is 13.1. The van der Waals surface area contributed by atoms with E-state index in [1.807, 2.05) is 35.0 Å². The van der Waals surface area contributed by atoms with Gasteiger partial charge < -0.3 is 9.30 Å². The SMILES string of the molecule is COc1cccc2c1ccn2CC(=O)c1cc(Cl)sc1Cl. The summed E-state index contributed by atoms with van der Waals surface area (Å²) in [5, 5.41) is 0.974. The van der Waals surface area contributed by atoms with Crippen LogP contribution < -0.4 is 4.74 Å². The predicted molar refractivity (Wildman–Crippen MR) is 87.2 cm³/mol. The van der Waals surface area contributed by atoms with Crippen molar-refractivity contribution in [3.63, 3.8) is 0 Å². The maximum atomic E-state index is 12.4. The normalized spacial score (nSPS) is 11.0. The van der Waals surface area contributed by atoms with Gasteiger partial charge in [-0.3, -0.25) is 4.79 Å². The molecule has 0 amide bonds. The number of rotatable bonds is 4. The summed E-state index contributed by atoms with van der Waals surface area (Å²) in [7, 11) is 1.63. The van der Waals surface area contributed by atoms with Crippen molar-refractivity contribution in [2.75, 3.05) is 7.11 Å². The zero-order valence-electron chi connectivity index (χ0n) is 11.1. The van der Waals surface area contributed by atoms with E-state index in [2.05, 4.69) is 0 Å². The molecule has 0 saturated carbocycles. The third kappa shape index (κ3) is 2.67. The number of hydrogen-bond donors (Lipinski definition) is 0. The van der Waals surface area contributed by atoms with Gasteiger partial charge in [0.25, 0.3) is 0 Å². The molecule has 3 aromatic rings.